The third-order valence-electron chi connectivity index (χ3n) is 3.41. The zero-order valence-corrected chi connectivity index (χ0v) is 13.1. The van der Waals surface area contributed by atoms with Crippen molar-refractivity contribution in [2.45, 2.75) is 6.42 Å². The number of rotatable bonds is 7. The van der Waals surface area contributed by atoms with E-state index in [0.717, 1.165) is 18.5 Å². The Bertz CT molecular complexity index is 676. The lowest BCUT2D eigenvalue weighted by molar-refractivity contribution is -0.117. The van der Waals surface area contributed by atoms with Crippen molar-refractivity contribution in [3.8, 4) is 5.75 Å². The SMILES string of the molecule is COc1ccc2[nH]cc(C(=O)C(=O)NCCCN(C)C)c2c1. The smallest absolute Gasteiger partial charge is 0.292 e. The van der Waals surface area contributed by atoms with E-state index in [2.05, 4.69) is 10.3 Å². The molecule has 1 amide bonds. The maximum absolute atomic E-state index is 12.3. The van der Waals surface area contributed by atoms with E-state index in [0.29, 0.717) is 23.2 Å². The van der Waals surface area contributed by atoms with Crippen LogP contribution in [0.3, 0.4) is 0 Å². The molecular weight excluding hydrogens is 282 g/mol. The van der Waals surface area contributed by atoms with Crippen LogP contribution in [-0.4, -0.2) is 55.9 Å². The van der Waals surface area contributed by atoms with E-state index in [-0.39, 0.29) is 0 Å². The first-order valence-electron chi connectivity index (χ1n) is 7.15. The van der Waals surface area contributed by atoms with Gasteiger partial charge in [-0.3, -0.25) is 9.59 Å². The Morgan fingerprint density at radius 2 is 2.09 bits per heavy atom. The van der Waals surface area contributed by atoms with Gasteiger partial charge in [-0.1, -0.05) is 0 Å². The zero-order chi connectivity index (χ0) is 16.1. The largest absolute Gasteiger partial charge is 0.497 e. The fourth-order valence-electron chi connectivity index (χ4n) is 2.21. The van der Waals surface area contributed by atoms with E-state index < -0.39 is 11.7 Å². The summed E-state index contributed by atoms with van der Waals surface area (Å²) in [6.45, 7) is 1.34. The predicted molar refractivity (Wildman–Crippen MR) is 85.4 cm³/mol. The Hall–Kier alpha value is -2.34. The molecule has 1 aromatic carbocycles. The van der Waals surface area contributed by atoms with E-state index in [9.17, 15) is 9.59 Å². The van der Waals surface area contributed by atoms with Crippen LogP contribution in [0.4, 0.5) is 0 Å². The van der Waals surface area contributed by atoms with Gasteiger partial charge in [-0.2, -0.15) is 0 Å². The molecule has 0 aliphatic rings. The number of nitrogens with one attached hydrogen (secondary N) is 2. The summed E-state index contributed by atoms with van der Waals surface area (Å²) in [6, 6.07) is 5.37. The number of nitrogens with zero attached hydrogens (tertiary/aromatic N) is 1. The van der Waals surface area contributed by atoms with Gasteiger partial charge < -0.3 is 19.9 Å². The third-order valence-corrected chi connectivity index (χ3v) is 3.41. The molecule has 0 spiro atoms. The lowest BCUT2D eigenvalue weighted by Crippen LogP contribution is -2.33. The molecule has 0 bridgehead atoms. The minimum atomic E-state index is -0.581. The number of ketones is 1. The second-order valence-electron chi connectivity index (χ2n) is 5.36. The molecule has 0 radical (unpaired) electrons. The van der Waals surface area contributed by atoms with Crippen molar-refractivity contribution in [3.05, 3.63) is 30.0 Å². The van der Waals surface area contributed by atoms with E-state index in [4.69, 9.17) is 4.74 Å². The molecule has 0 atom stereocenters. The molecule has 1 heterocycles. The molecule has 2 rings (SSSR count). The summed E-state index contributed by atoms with van der Waals surface area (Å²) in [5.74, 6) is -0.473. The normalized spacial score (nSPS) is 10.9. The summed E-state index contributed by atoms with van der Waals surface area (Å²) in [4.78, 5) is 29.3. The number of benzene rings is 1. The number of ether oxygens (including phenoxy) is 1. The molecular formula is C16H21N3O3. The van der Waals surface area contributed by atoms with Gasteiger partial charge in [-0.15, -0.1) is 0 Å². The van der Waals surface area contributed by atoms with Crippen molar-refractivity contribution in [1.29, 1.82) is 0 Å². The predicted octanol–water partition coefficient (Wildman–Crippen LogP) is 1.43. The Labute approximate surface area is 129 Å². The lowest BCUT2D eigenvalue weighted by Gasteiger charge is -2.09. The molecule has 0 aliphatic heterocycles. The first-order valence-corrected chi connectivity index (χ1v) is 7.15. The minimum Gasteiger partial charge on any atom is -0.497 e. The monoisotopic (exact) mass is 303 g/mol. The Morgan fingerprint density at radius 3 is 2.77 bits per heavy atom. The van der Waals surface area contributed by atoms with Gasteiger partial charge in [0.25, 0.3) is 11.7 Å². The topological polar surface area (TPSA) is 74.4 Å². The number of H-pyrrole nitrogens is 1. The van der Waals surface area contributed by atoms with Crippen molar-refractivity contribution < 1.29 is 14.3 Å². The molecule has 22 heavy (non-hydrogen) atoms. The summed E-state index contributed by atoms with van der Waals surface area (Å²) in [5.41, 5.74) is 1.16. The average Bonchev–Trinajstić information content (AvgIpc) is 2.93. The second kappa shape index (κ2) is 7.09. The molecule has 0 saturated heterocycles. The fourth-order valence-corrected chi connectivity index (χ4v) is 2.21. The van der Waals surface area contributed by atoms with Crippen LogP contribution in [0.1, 0.15) is 16.8 Å². The zero-order valence-electron chi connectivity index (χ0n) is 13.1. The van der Waals surface area contributed by atoms with Gasteiger partial charge in [0.15, 0.2) is 0 Å². The van der Waals surface area contributed by atoms with Gasteiger partial charge in [0.1, 0.15) is 5.75 Å². The molecule has 6 nitrogen and oxygen atoms in total. The van der Waals surface area contributed by atoms with Gasteiger partial charge in [0.2, 0.25) is 0 Å². The molecule has 0 fully saturated rings. The van der Waals surface area contributed by atoms with E-state index in [1.165, 1.54) is 0 Å². The first kappa shape index (κ1) is 16.0. The lowest BCUT2D eigenvalue weighted by atomic mass is 10.1. The van der Waals surface area contributed by atoms with Gasteiger partial charge in [0.05, 0.1) is 12.7 Å². The van der Waals surface area contributed by atoms with Crippen molar-refractivity contribution in [2.75, 3.05) is 34.3 Å². The van der Waals surface area contributed by atoms with Crippen molar-refractivity contribution in [1.82, 2.24) is 15.2 Å². The van der Waals surface area contributed by atoms with Gasteiger partial charge >= 0.3 is 0 Å². The summed E-state index contributed by atoms with van der Waals surface area (Å²) >= 11 is 0. The standard InChI is InChI=1S/C16H21N3O3/c1-19(2)8-4-7-17-16(21)15(20)13-10-18-14-6-5-11(22-3)9-12(13)14/h5-6,9-10,18H,4,7-8H2,1-3H3,(H,17,21). The van der Waals surface area contributed by atoms with E-state index in [1.54, 1.807) is 25.4 Å². The van der Waals surface area contributed by atoms with Gasteiger partial charge in [-0.05, 0) is 45.3 Å². The molecule has 2 N–H and O–H groups in total. The maximum atomic E-state index is 12.3. The maximum Gasteiger partial charge on any atom is 0.292 e. The fraction of sp³-hybridized carbons (Fsp3) is 0.375. The number of carbonyl (C=O) groups excluding carboxylic acids is 2. The van der Waals surface area contributed by atoms with Crippen LogP contribution in [0.15, 0.2) is 24.4 Å². The summed E-state index contributed by atoms with van der Waals surface area (Å²) in [5, 5.41) is 3.35. The molecule has 0 saturated carbocycles. The number of methoxy groups -OCH3 is 1. The molecule has 118 valence electrons. The Balaban J connectivity index is 2.07. The van der Waals surface area contributed by atoms with Crippen molar-refractivity contribution in [2.24, 2.45) is 0 Å². The summed E-state index contributed by atoms with van der Waals surface area (Å²) in [6.07, 6.45) is 2.36. The average molecular weight is 303 g/mol. The van der Waals surface area contributed by atoms with Crippen molar-refractivity contribution >= 4 is 22.6 Å². The molecule has 1 aromatic heterocycles. The molecule has 0 unspecified atom stereocenters. The van der Waals surface area contributed by atoms with E-state index >= 15 is 0 Å². The first-order chi connectivity index (χ1) is 10.5. The van der Waals surface area contributed by atoms with Crippen LogP contribution in [0, 0.1) is 0 Å². The van der Waals surface area contributed by atoms with Crippen LogP contribution in [0.2, 0.25) is 0 Å². The van der Waals surface area contributed by atoms with E-state index in [1.807, 2.05) is 25.1 Å². The van der Waals surface area contributed by atoms with Crippen LogP contribution in [0.5, 0.6) is 5.75 Å². The highest BCUT2D eigenvalue weighted by Gasteiger charge is 2.19. The second-order valence-corrected chi connectivity index (χ2v) is 5.36. The number of Topliss-reactive ketones (excluding diaryl/α,β-unsaturated/α-hetero) is 1. The van der Waals surface area contributed by atoms with Crippen molar-refractivity contribution in [3.63, 3.8) is 0 Å². The number of hydrogen-bond acceptors (Lipinski definition) is 4. The number of amides is 1. The van der Waals surface area contributed by atoms with Crippen LogP contribution in [-0.2, 0) is 4.79 Å². The Morgan fingerprint density at radius 1 is 1.32 bits per heavy atom. The molecule has 2 aromatic rings. The Kier molecular flexibility index (Phi) is 5.16. The summed E-state index contributed by atoms with van der Waals surface area (Å²) < 4.78 is 5.16. The highest BCUT2D eigenvalue weighted by atomic mass is 16.5. The number of hydrogen-bond donors (Lipinski definition) is 2. The van der Waals surface area contributed by atoms with Crippen LogP contribution in [0.25, 0.3) is 10.9 Å². The number of fused-ring (bicyclic) bond motifs is 1. The number of aromatic amines is 1. The van der Waals surface area contributed by atoms with Gasteiger partial charge in [0, 0.05) is 23.6 Å². The third kappa shape index (κ3) is 3.65. The van der Waals surface area contributed by atoms with Crippen LogP contribution >= 0.6 is 0 Å². The number of aromatic nitrogens is 1. The highest BCUT2D eigenvalue weighted by molar-refractivity contribution is 6.44. The molecule has 6 heteroatoms. The quantitative estimate of drug-likeness (QED) is 0.461. The van der Waals surface area contributed by atoms with Crippen LogP contribution < -0.4 is 10.1 Å². The number of carbonyl (C=O) groups is 2. The molecule has 0 aliphatic carbocycles. The highest BCUT2D eigenvalue weighted by Crippen LogP contribution is 2.23. The van der Waals surface area contributed by atoms with Gasteiger partial charge in [-0.25, -0.2) is 0 Å². The minimum absolute atomic E-state index is 0.360. The summed E-state index contributed by atoms with van der Waals surface area (Å²) in [7, 11) is 5.49.